The van der Waals surface area contributed by atoms with E-state index in [0.717, 1.165) is 0 Å². The Kier molecular flexibility index (Phi) is 3.60. The topological polar surface area (TPSA) is 100 Å². The number of methoxy groups -OCH3 is 1. The van der Waals surface area contributed by atoms with Crippen LogP contribution in [-0.4, -0.2) is 22.4 Å². The van der Waals surface area contributed by atoms with Crippen LogP contribution < -0.4 is 10.2 Å². The van der Waals surface area contributed by atoms with E-state index in [1.165, 1.54) is 31.4 Å². The zero-order valence-corrected chi connectivity index (χ0v) is 13.4. The summed E-state index contributed by atoms with van der Waals surface area (Å²) in [6.07, 6.45) is 0. The van der Waals surface area contributed by atoms with Gasteiger partial charge in [0.15, 0.2) is 16.9 Å². The first-order chi connectivity index (χ1) is 11.3. The number of rotatable bonds is 2. The molecule has 0 aliphatic heterocycles. The van der Waals surface area contributed by atoms with Gasteiger partial charge in [0.25, 0.3) is 0 Å². The van der Waals surface area contributed by atoms with Crippen molar-refractivity contribution in [2.24, 2.45) is 0 Å². The van der Waals surface area contributed by atoms with Crippen LogP contribution in [0.4, 0.5) is 0 Å². The number of ether oxygens (including phenoxy) is 1. The molecule has 6 nitrogen and oxygen atoms in total. The van der Waals surface area contributed by atoms with Gasteiger partial charge in [-0.05, 0) is 32.0 Å². The summed E-state index contributed by atoms with van der Waals surface area (Å²) < 4.78 is 11.1. The van der Waals surface area contributed by atoms with Crippen LogP contribution in [0.2, 0.25) is 0 Å². The highest BCUT2D eigenvalue weighted by Gasteiger charge is 2.20. The predicted molar refractivity (Wildman–Crippen MR) is 88.9 cm³/mol. The van der Waals surface area contributed by atoms with Gasteiger partial charge < -0.3 is 24.5 Å². The molecule has 1 heterocycles. The van der Waals surface area contributed by atoms with Crippen molar-refractivity contribution in [3.05, 3.63) is 45.6 Å². The van der Waals surface area contributed by atoms with E-state index in [0.29, 0.717) is 22.4 Å². The Morgan fingerprint density at radius 3 is 2.33 bits per heavy atom. The van der Waals surface area contributed by atoms with Gasteiger partial charge >= 0.3 is 0 Å². The van der Waals surface area contributed by atoms with E-state index in [2.05, 4.69) is 0 Å². The van der Waals surface area contributed by atoms with Gasteiger partial charge in [-0.3, -0.25) is 4.79 Å². The highest BCUT2D eigenvalue weighted by molar-refractivity contribution is 5.90. The molecule has 2 aromatic carbocycles. The summed E-state index contributed by atoms with van der Waals surface area (Å²) in [6.45, 7) is 3.39. The van der Waals surface area contributed by atoms with Crippen LogP contribution >= 0.6 is 0 Å². The molecule has 0 saturated heterocycles. The van der Waals surface area contributed by atoms with E-state index in [1.807, 2.05) is 0 Å². The Balaban J connectivity index is 2.38. The first-order valence-corrected chi connectivity index (χ1v) is 7.21. The fourth-order valence-electron chi connectivity index (χ4n) is 2.79. The lowest BCUT2D eigenvalue weighted by Gasteiger charge is -2.14. The maximum Gasteiger partial charge on any atom is 0.197 e. The fraction of sp³-hybridized carbons (Fsp3) is 0.167. The molecule has 0 atom stereocenters. The maximum absolute atomic E-state index is 12.5. The molecule has 3 aromatic rings. The highest BCUT2D eigenvalue weighted by Crippen LogP contribution is 2.39. The highest BCUT2D eigenvalue weighted by atomic mass is 16.5. The lowest BCUT2D eigenvalue weighted by molar-refractivity contribution is 0.400. The molecule has 24 heavy (non-hydrogen) atoms. The number of fused-ring (bicyclic) bond motifs is 1. The minimum Gasteiger partial charge on any atom is -0.507 e. The largest absolute Gasteiger partial charge is 0.507 e. The summed E-state index contributed by atoms with van der Waals surface area (Å²) in [5.74, 6) is -0.129. The van der Waals surface area contributed by atoms with Crippen LogP contribution in [0.15, 0.2) is 33.5 Å². The minimum absolute atomic E-state index is 0.0811. The Labute approximate surface area is 137 Å². The first-order valence-electron chi connectivity index (χ1n) is 7.21. The number of benzene rings is 2. The molecular weight excluding hydrogens is 312 g/mol. The molecule has 3 N–H and O–H groups in total. The van der Waals surface area contributed by atoms with Crippen LogP contribution in [0, 0.1) is 13.8 Å². The van der Waals surface area contributed by atoms with E-state index in [4.69, 9.17) is 9.15 Å². The number of hydrogen-bond acceptors (Lipinski definition) is 6. The molecule has 3 rings (SSSR count). The first kappa shape index (κ1) is 15.7. The van der Waals surface area contributed by atoms with E-state index in [-0.39, 0.29) is 34.0 Å². The van der Waals surface area contributed by atoms with E-state index in [9.17, 15) is 20.1 Å². The second-order valence-electron chi connectivity index (χ2n) is 5.51. The molecule has 0 aliphatic rings. The number of aryl methyl sites for hydroxylation is 1. The lowest BCUT2D eigenvalue weighted by Crippen LogP contribution is -2.04. The van der Waals surface area contributed by atoms with Crippen molar-refractivity contribution in [1.29, 1.82) is 0 Å². The van der Waals surface area contributed by atoms with Gasteiger partial charge in [0.2, 0.25) is 0 Å². The summed E-state index contributed by atoms with van der Waals surface area (Å²) in [7, 11) is 1.47. The molecule has 6 heteroatoms. The zero-order chi connectivity index (χ0) is 17.6. The Morgan fingerprint density at radius 1 is 1.00 bits per heavy atom. The summed E-state index contributed by atoms with van der Waals surface area (Å²) in [6, 6.07) is 5.34. The van der Waals surface area contributed by atoms with Crippen molar-refractivity contribution in [3.63, 3.8) is 0 Å². The van der Waals surface area contributed by atoms with Crippen LogP contribution in [0.3, 0.4) is 0 Å². The normalized spacial score (nSPS) is 11.0. The van der Waals surface area contributed by atoms with E-state index in [1.54, 1.807) is 13.8 Å². The van der Waals surface area contributed by atoms with Crippen LogP contribution in [0.25, 0.3) is 22.3 Å². The molecule has 0 aliphatic carbocycles. The third kappa shape index (κ3) is 2.23. The van der Waals surface area contributed by atoms with Crippen molar-refractivity contribution in [1.82, 2.24) is 0 Å². The molecule has 0 amide bonds. The average molecular weight is 328 g/mol. The Bertz CT molecular complexity index is 1020. The standard InChI is InChI=1S/C18H16O6/c1-8-16(22)15-13(21)7-14(10-4-5-11(19)12(20)6-10)24-18(15)9(2)17(8)23-3/h4-7,19-20,22H,1-3H3. The van der Waals surface area contributed by atoms with Gasteiger partial charge in [-0.25, -0.2) is 0 Å². The van der Waals surface area contributed by atoms with Crippen LogP contribution in [0.1, 0.15) is 11.1 Å². The van der Waals surface area contributed by atoms with Crippen molar-refractivity contribution in [3.8, 4) is 34.3 Å². The summed E-state index contributed by atoms with van der Waals surface area (Å²) in [5.41, 5.74) is 1.27. The number of aromatic hydroxyl groups is 3. The molecule has 0 saturated carbocycles. The van der Waals surface area contributed by atoms with Gasteiger partial charge in [0.1, 0.15) is 28.2 Å². The second-order valence-corrected chi connectivity index (χ2v) is 5.51. The third-order valence-corrected chi connectivity index (χ3v) is 4.03. The Hall–Kier alpha value is -3.15. The lowest BCUT2D eigenvalue weighted by atomic mass is 10.0. The molecule has 124 valence electrons. The Morgan fingerprint density at radius 2 is 1.71 bits per heavy atom. The molecule has 0 spiro atoms. The minimum atomic E-state index is -0.412. The molecular formula is C18H16O6. The van der Waals surface area contributed by atoms with Crippen LogP contribution in [0.5, 0.6) is 23.0 Å². The van der Waals surface area contributed by atoms with Gasteiger partial charge in [0.05, 0.1) is 7.11 Å². The summed E-state index contributed by atoms with van der Waals surface area (Å²) in [4.78, 5) is 12.5. The average Bonchev–Trinajstić information content (AvgIpc) is 2.55. The molecule has 0 fully saturated rings. The number of phenolic OH excluding ortho intramolecular Hbond substituents is 3. The maximum atomic E-state index is 12.5. The van der Waals surface area contributed by atoms with Gasteiger partial charge in [-0.15, -0.1) is 0 Å². The van der Waals surface area contributed by atoms with E-state index < -0.39 is 5.43 Å². The predicted octanol–water partition coefficient (Wildman–Crippen LogP) is 3.20. The molecule has 0 bridgehead atoms. The van der Waals surface area contributed by atoms with Gasteiger partial charge in [-0.1, -0.05) is 0 Å². The molecule has 0 radical (unpaired) electrons. The second kappa shape index (κ2) is 5.49. The van der Waals surface area contributed by atoms with Gasteiger partial charge in [0, 0.05) is 22.8 Å². The van der Waals surface area contributed by atoms with Crippen molar-refractivity contribution < 1.29 is 24.5 Å². The number of phenols is 3. The van der Waals surface area contributed by atoms with E-state index >= 15 is 0 Å². The van der Waals surface area contributed by atoms with Crippen molar-refractivity contribution in [2.45, 2.75) is 13.8 Å². The van der Waals surface area contributed by atoms with Crippen LogP contribution in [-0.2, 0) is 0 Å². The zero-order valence-electron chi connectivity index (χ0n) is 13.4. The van der Waals surface area contributed by atoms with Crippen molar-refractivity contribution >= 4 is 11.0 Å². The smallest absolute Gasteiger partial charge is 0.197 e. The van der Waals surface area contributed by atoms with Gasteiger partial charge in [-0.2, -0.15) is 0 Å². The SMILES string of the molecule is COc1c(C)c(O)c2c(=O)cc(-c3ccc(O)c(O)c3)oc2c1C. The molecule has 1 aromatic heterocycles. The summed E-state index contributed by atoms with van der Waals surface area (Å²) in [5, 5.41) is 29.4. The monoisotopic (exact) mass is 328 g/mol. The molecule has 0 unspecified atom stereocenters. The third-order valence-electron chi connectivity index (χ3n) is 4.03. The van der Waals surface area contributed by atoms with Crippen molar-refractivity contribution in [2.75, 3.05) is 7.11 Å². The fourth-order valence-corrected chi connectivity index (χ4v) is 2.79. The number of hydrogen-bond donors (Lipinski definition) is 3. The summed E-state index contributed by atoms with van der Waals surface area (Å²) >= 11 is 0. The quantitative estimate of drug-likeness (QED) is 0.625.